The molecule has 1 aromatic carbocycles. The Morgan fingerprint density at radius 3 is 2.58 bits per heavy atom. The van der Waals surface area contributed by atoms with E-state index in [0.29, 0.717) is 12.4 Å². The third-order valence-corrected chi connectivity index (χ3v) is 5.48. The maximum absolute atomic E-state index is 12.6. The van der Waals surface area contributed by atoms with Crippen molar-refractivity contribution in [1.29, 1.82) is 0 Å². The van der Waals surface area contributed by atoms with E-state index < -0.39 is 10.0 Å². The molecule has 0 amide bonds. The van der Waals surface area contributed by atoms with Crippen LogP contribution in [0.1, 0.15) is 6.92 Å². The zero-order valence-electron chi connectivity index (χ0n) is 13.6. The van der Waals surface area contributed by atoms with Gasteiger partial charge in [-0.2, -0.15) is 14.5 Å². The van der Waals surface area contributed by atoms with E-state index in [1.807, 2.05) is 0 Å². The molecular formula is C14H13Cl2N5O4S. The molecule has 2 heterocycles. The van der Waals surface area contributed by atoms with E-state index in [1.54, 1.807) is 6.92 Å². The number of ether oxygens (including phenoxy) is 2. The van der Waals surface area contributed by atoms with Gasteiger partial charge in [-0.05, 0) is 19.1 Å². The average molecular weight is 418 g/mol. The highest BCUT2D eigenvalue weighted by molar-refractivity contribution is 7.93. The molecular weight excluding hydrogens is 405 g/mol. The van der Waals surface area contributed by atoms with Crippen LogP contribution in [0.15, 0.2) is 29.3 Å². The van der Waals surface area contributed by atoms with E-state index in [2.05, 4.69) is 19.8 Å². The number of rotatable bonds is 6. The zero-order valence-corrected chi connectivity index (χ0v) is 15.9. The smallest absolute Gasteiger partial charge is 0.319 e. The molecule has 1 N–H and O–H groups in total. The second-order valence-corrected chi connectivity index (χ2v) is 7.30. The number of anilines is 1. The van der Waals surface area contributed by atoms with Crippen molar-refractivity contribution in [3.05, 3.63) is 34.4 Å². The predicted octanol–water partition coefficient (Wildman–Crippen LogP) is 2.64. The van der Waals surface area contributed by atoms with Crippen molar-refractivity contribution in [2.24, 2.45) is 0 Å². The van der Waals surface area contributed by atoms with Gasteiger partial charge in [0.05, 0.1) is 30.0 Å². The summed E-state index contributed by atoms with van der Waals surface area (Å²) in [4.78, 5) is 7.91. The van der Waals surface area contributed by atoms with E-state index in [4.69, 9.17) is 32.7 Å². The van der Waals surface area contributed by atoms with Crippen molar-refractivity contribution in [2.45, 2.75) is 11.8 Å². The van der Waals surface area contributed by atoms with Crippen LogP contribution in [0.25, 0.3) is 5.65 Å². The number of hydrogen-bond donors (Lipinski definition) is 1. The lowest BCUT2D eigenvalue weighted by molar-refractivity contribution is 0.331. The van der Waals surface area contributed by atoms with Gasteiger partial charge in [0.2, 0.25) is 5.65 Å². The Morgan fingerprint density at radius 2 is 1.96 bits per heavy atom. The maximum Gasteiger partial charge on any atom is 0.319 e. The first kappa shape index (κ1) is 18.5. The van der Waals surface area contributed by atoms with Gasteiger partial charge in [0.15, 0.2) is 5.75 Å². The molecule has 0 aliphatic carbocycles. The van der Waals surface area contributed by atoms with Crippen molar-refractivity contribution in [3.63, 3.8) is 0 Å². The van der Waals surface area contributed by atoms with Crippen LogP contribution in [0.2, 0.25) is 10.0 Å². The fraction of sp³-hybridized carbons (Fsp3) is 0.214. The highest BCUT2D eigenvalue weighted by Gasteiger charge is 2.24. The van der Waals surface area contributed by atoms with Crippen molar-refractivity contribution < 1.29 is 17.9 Å². The third-order valence-electron chi connectivity index (χ3n) is 3.20. The summed E-state index contributed by atoms with van der Waals surface area (Å²) in [5, 5.41) is 4.01. The van der Waals surface area contributed by atoms with Gasteiger partial charge in [-0.25, -0.2) is 13.1 Å². The fourth-order valence-electron chi connectivity index (χ4n) is 2.18. The third kappa shape index (κ3) is 3.35. The molecule has 0 aliphatic heterocycles. The lowest BCUT2D eigenvalue weighted by Gasteiger charge is -2.08. The van der Waals surface area contributed by atoms with Crippen LogP contribution in [0, 0.1) is 0 Å². The highest BCUT2D eigenvalue weighted by atomic mass is 35.5. The van der Waals surface area contributed by atoms with Crippen LogP contribution in [-0.4, -0.2) is 41.7 Å². The molecule has 0 bridgehead atoms. The minimum atomic E-state index is -4.12. The molecule has 26 heavy (non-hydrogen) atoms. The molecule has 2 aromatic heterocycles. The van der Waals surface area contributed by atoms with Crippen molar-refractivity contribution in [1.82, 2.24) is 19.6 Å². The van der Waals surface area contributed by atoms with Gasteiger partial charge < -0.3 is 9.47 Å². The number of methoxy groups -OCH3 is 1. The number of sulfonamides is 1. The first-order chi connectivity index (χ1) is 12.4. The van der Waals surface area contributed by atoms with Crippen LogP contribution in [0.4, 0.5) is 5.95 Å². The second-order valence-electron chi connectivity index (χ2n) is 4.87. The zero-order chi connectivity index (χ0) is 18.9. The number of nitrogens with zero attached hydrogens (tertiary/aromatic N) is 4. The molecule has 3 aromatic rings. The first-order valence-corrected chi connectivity index (χ1v) is 9.50. The topological polar surface area (TPSA) is 108 Å². The van der Waals surface area contributed by atoms with E-state index >= 15 is 0 Å². The molecule has 0 atom stereocenters. The lowest BCUT2D eigenvalue weighted by atomic mass is 10.4. The number of nitrogens with one attached hydrogen (secondary N) is 1. The lowest BCUT2D eigenvalue weighted by Crippen LogP contribution is -2.15. The second kappa shape index (κ2) is 7.14. The Hall–Kier alpha value is -2.30. The van der Waals surface area contributed by atoms with Gasteiger partial charge in [-0.1, -0.05) is 29.3 Å². The quantitative estimate of drug-likeness (QED) is 0.656. The monoisotopic (exact) mass is 417 g/mol. The Bertz CT molecular complexity index is 1050. The Labute approximate surface area is 158 Å². The molecule has 0 saturated carbocycles. The molecule has 9 nitrogen and oxygen atoms in total. The van der Waals surface area contributed by atoms with Gasteiger partial charge in [-0.3, -0.25) is 0 Å². The van der Waals surface area contributed by atoms with Crippen LogP contribution in [-0.2, 0) is 10.0 Å². The van der Waals surface area contributed by atoms with Gasteiger partial charge in [0.1, 0.15) is 4.90 Å². The van der Waals surface area contributed by atoms with Crippen molar-refractivity contribution in [3.8, 4) is 11.8 Å². The normalized spacial score (nSPS) is 11.5. The number of fused-ring (bicyclic) bond motifs is 1. The number of hydrogen-bond acceptors (Lipinski definition) is 7. The van der Waals surface area contributed by atoms with Gasteiger partial charge in [0.25, 0.3) is 16.0 Å². The minimum absolute atomic E-state index is 0.0250. The summed E-state index contributed by atoms with van der Waals surface area (Å²) in [5.41, 5.74) is 0.238. The molecule has 12 heteroatoms. The molecule has 0 unspecified atom stereocenters. The number of halogens is 2. The minimum Gasteiger partial charge on any atom is -0.488 e. The molecule has 0 spiro atoms. The van der Waals surface area contributed by atoms with Crippen LogP contribution in [0.3, 0.4) is 0 Å². The number of benzene rings is 1. The SMILES string of the molecule is CCOc1cnc(OC)n2nc(NS(=O)(=O)c3c(Cl)cccc3Cl)nc12. The van der Waals surface area contributed by atoms with Crippen LogP contribution >= 0.6 is 23.2 Å². The Balaban J connectivity index is 2.07. The van der Waals surface area contributed by atoms with E-state index in [9.17, 15) is 8.42 Å². The summed E-state index contributed by atoms with van der Waals surface area (Å²) in [5.74, 6) is 0.107. The van der Waals surface area contributed by atoms with Crippen molar-refractivity contribution in [2.75, 3.05) is 18.4 Å². The Kier molecular flexibility index (Phi) is 5.08. The van der Waals surface area contributed by atoms with E-state index in [1.165, 1.54) is 36.0 Å². The fourth-order valence-corrected chi connectivity index (χ4v) is 4.27. The molecule has 0 radical (unpaired) electrons. The van der Waals surface area contributed by atoms with E-state index in [-0.39, 0.29) is 32.5 Å². The summed E-state index contributed by atoms with van der Waals surface area (Å²) in [6, 6.07) is 4.48. The van der Waals surface area contributed by atoms with Gasteiger partial charge in [0, 0.05) is 0 Å². The molecule has 0 saturated heterocycles. The van der Waals surface area contributed by atoms with Crippen LogP contribution < -0.4 is 14.2 Å². The maximum atomic E-state index is 12.6. The number of aromatic nitrogens is 4. The first-order valence-electron chi connectivity index (χ1n) is 7.26. The van der Waals surface area contributed by atoms with Gasteiger partial charge >= 0.3 is 6.01 Å². The predicted molar refractivity (Wildman–Crippen MR) is 95.8 cm³/mol. The summed E-state index contributed by atoms with van der Waals surface area (Å²) >= 11 is 11.9. The van der Waals surface area contributed by atoms with Gasteiger partial charge in [-0.15, -0.1) is 5.10 Å². The van der Waals surface area contributed by atoms with E-state index in [0.717, 1.165) is 0 Å². The highest BCUT2D eigenvalue weighted by Crippen LogP contribution is 2.30. The standard InChI is InChI=1S/C14H13Cl2N5O4S/c1-3-25-10-7-17-14(24-2)21-12(10)18-13(19-21)20-26(22,23)11-8(15)5-4-6-9(11)16/h4-7H,3H2,1-2H3,(H,19,20). The summed E-state index contributed by atoms with van der Waals surface area (Å²) in [7, 11) is -2.72. The van der Waals surface area contributed by atoms with Crippen LogP contribution in [0.5, 0.6) is 11.8 Å². The average Bonchev–Trinajstić information content (AvgIpc) is 2.98. The molecule has 0 aliphatic rings. The largest absolute Gasteiger partial charge is 0.488 e. The molecule has 0 fully saturated rings. The van der Waals surface area contributed by atoms with Crippen molar-refractivity contribution >= 4 is 44.8 Å². The molecule has 3 rings (SSSR count). The summed E-state index contributed by atoms with van der Waals surface area (Å²) < 4.78 is 39.3. The Morgan fingerprint density at radius 1 is 1.27 bits per heavy atom. The molecule has 138 valence electrons. The summed E-state index contributed by atoms with van der Waals surface area (Å²) in [6.07, 6.45) is 1.41. The summed E-state index contributed by atoms with van der Waals surface area (Å²) in [6.45, 7) is 2.16.